The highest BCUT2D eigenvalue weighted by Crippen LogP contribution is 2.32. The van der Waals surface area contributed by atoms with Crippen LogP contribution < -0.4 is 24.8 Å². The largest absolute Gasteiger partial charge is 0.493 e. The molecule has 0 aliphatic carbocycles. The summed E-state index contributed by atoms with van der Waals surface area (Å²) in [5, 5.41) is 5.99. The minimum atomic E-state index is -0.566. The summed E-state index contributed by atoms with van der Waals surface area (Å²) in [7, 11) is 1.53. The highest BCUT2D eigenvalue weighted by Gasteiger charge is 2.39. The number of benzene rings is 3. The molecule has 0 saturated carbocycles. The van der Waals surface area contributed by atoms with Crippen LogP contribution in [0.5, 0.6) is 17.2 Å². The van der Waals surface area contributed by atoms with E-state index in [1.807, 2.05) is 43.3 Å². The Kier molecular flexibility index (Phi) is 8.14. The zero-order chi connectivity index (χ0) is 30.6. The number of nitrogens with zero attached hydrogens (tertiary/aromatic N) is 2. The summed E-state index contributed by atoms with van der Waals surface area (Å²) in [4.78, 5) is 45.4. The van der Waals surface area contributed by atoms with Gasteiger partial charge in [-0.2, -0.15) is 0 Å². The maximum absolute atomic E-state index is 13.7. The van der Waals surface area contributed by atoms with Crippen LogP contribution in [0.15, 0.2) is 85.2 Å². The van der Waals surface area contributed by atoms with Crippen molar-refractivity contribution >= 4 is 17.7 Å². The highest BCUT2D eigenvalue weighted by molar-refractivity contribution is 5.97. The lowest BCUT2D eigenvalue weighted by Crippen LogP contribution is -2.45. The van der Waals surface area contributed by atoms with Gasteiger partial charge >= 0.3 is 0 Å². The van der Waals surface area contributed by atoms with Gasteiger partial charge in [-0.05, 0) is 77.7 Å². The summed E-state index contributed by atoms with van der Waals surface area (Å²) in [6.45, 7) is 2.57. The van der Waals surface area contributed by atoms with Gasteiger partial charge in [0.2, 0.25) is 0 Å². The Morgan fingerprint density at radius 2 is 1.89 bits per heavy atom. The van der Waals surface area contributed by atoms with E-state index in [4.69, 9.17) is 14.2 Å². The van der Waals surface area contributed by atoms with Crippen molar-refractivity contribution in [1.82, 2.24) is 20.5 Å². The van der Waals surface area contributed by atoms with Gasteiger partial charge in [-0.25, -0.2) is 0 Å². The number of methoxy groups -OCH3 is 1. The minimum absolute atomic E-state index is 0.152. The van der Waals surface area contributed by atoms with Crippen LogP contribution in [0.3, 0.4) is 0 Å². The van der Waals surface area contributed by atoms with Crippen molar-refractivity contribution in [3.05, 3.63) is 107 Å². The van der Waals surface area contributed by atoms with Crippen LogP contribution in [-0.4, -0.2) is 66.6 Å². The molecule has 3 aliphatic heterocycles. The average Bonchev–Trinajstić information content (AvgIpc) is 3.44. The summed E-state index contributed by atoms with van der Waals surface area (Å²) in [5.74, 6) is 0.691. The molecule has 2 N–H and O–H groups in total. The number of amides is 3. The molecule has 3 aromatic carbocycles. The molecule has 2 atom stereocenters. The second-order valence-corrected chi connectivity index (χ2v) is 10.8. The molecule has 0 spiro atoms. The summed E-state index contributed by atoms with van der Waals surface area (Å²) >= 11 is 0. The first-order valence-corrected chi connectivity index (χ1v) is 14.3. The second kappa shape index (κ2) is 12.5. The Labute approximate surface area is 255 Å². The first-order chi connectivity index (χ1) is 21.4. The molecule has 44 heavy (non-hydrogen) atoms. The van der Waals surface area contributed by atoms with Gasteiger partial charge in [0.15, 0.2) is 18.1 Å². The van der Waals surface area contributed by atoms with Crippen molar-refractivity contribution < 1.29 is 28.6 Å². The zero-order valence-corrected chi connectivity index (χ0v) is 24.4. The molecule has 3 amide bonds. The van der Waals surface area contributed by atoms with Crippen LogP contribution in [0, 0.1) is 6.92 Å². The number of hydrogen-bond acceptors (Lipinski definition) is 7. The Bertz CT molecular complexity index is 1710. The van der Waals surface area contributed by atoms with Crippen LogP contribution in [0.1, 0.15) is 31.8 Å². The lowest BCUT2D eigenvalue weighted by molar-refractivity contribution is -0.123. The highest BCUT2D eigenvalue weighted by atomic mass is 16.5. The van der Waals surface area contributed by atoms with E-state index >= 15 is 0 Å². The van der Waals surface area contributed by atoms with E-state index in [1.165, 1.54) is 13.3 Å². The van der Waals surface area contributed by atoms with Crippen LogP contribution in [-0.2, 0) is 11.3 Å². The molecule has 4 heterocycles. The van der Waals surface area contributed by atoms with E-state index < -0.39 is 12.1 Å². The van der Waals surface area contributed by atoms with Crippen molar-refractivity contribution in [2.75, 3.05) is 26.8 Å². The van der Waals surface area contributed by atoms with Crippen LogP contribution >= 0.6 is 0 Å². The standard InChI is InChI=1S/C34H32N4O6/c1-21-8-10-24-15-27(21)23-5-3-7-26(14-23)43-20-32(39)36-16-22-9-11-29(30(13-22)42-2)44-31-19-38(18-28(31)37-33(24)40)34(41)25-6-4-12-35-17-25/h3-15,17,28,31H,16,18-20H2,1-2H3,(H,36,39)(H,37,40)/t28-,31-/m0/s1. The van der Waals surface area contributed by atoms with E-state index in [2.05, 4.69) is 15.6 Å². The normalized spacial score (nSPS) is 18.3. The number of pyridine rings is 1. The van der Waals surface area contributed by atoms with Crippen LogP contribution in [0.2, 0.25) is 0 Å². The van der Waals surface area contributed by atoms with Crippen LogP contribution in [0.25, 0.3) is 11.1 Å². The number of fused-ring (bicyclic) bond motifs is 7. The fourth-order valence-corrected chi connectivity index (χ4v) is 5.43. The summed E-state index contributed by atoms with van der Waals surface area (Å²) in [6, 6.07) is 21.2. The molecular weight excluding hydrogens is 560 g/mol. The maximum atomic E-state index is 13.7. The van der Waals surface area contributed by atoms with E-state index in [0.717, 1.165) is 22.3 Å². The van der Waals surface area contributed by atoms with E-state index in [0.29, 0.717) is 28.4 Å². The van der Waals surface area contributed by atoms with Crippen molar-refractivity contribution in [3.8, 4) is 28.4 Å². The fraction of sp³-hybridized carbons (Fsp3) is 0.235. The summed E-state index contributed by atoms with van der Waals surface area (Å²) < 4.78 is 17.8. The number of aromatic nitrogens is 1. The first kappa shape index (κ1) is 28.7. The molecule has 6 bridgehead atoms. The summed E-state index contributed by atoms with van der Waals surface area (Å²) in [5.41, 5.74) is 4.41. The predicted molar refractivity (Wildman–Crippen MR) is 163 cm³/mol. The number of carbonyl (C=O) groups is 3. The predicted octanol–water partition coefficient (Wildman–Crippen LogP) is 3.78. The van der Waals surface area contributed by atoms with Gasteiger partial charge in [0, 0.05) is 31.0 Å². The molecule has 1 aromatic heterocycles. The molecule has 1 saturated heterocycles. The van der Waals surface area contributed by atoms with E-state index in [-0.39, 0.29) is 44.0 Å². The topological polar surface area (TPSA) is 119 Å². The number of likely N-dealkylation sites (tertiary alicyclic amines) is 1. The van der Waals surface area contributed by atoms with Gasteiger partial charge in [-0.3, -0.25) is 19.4 Å². The third-order valence-corrected chi connectivity index (χ3v) is 7.79. The Balaban J connectivity index is 1.36. The van der Waals surface area contributed by atoms with Crippen molar-refractivity contribution in [2.45, 2.75) is 25.6 Å². The van der Waals surface area contributed by atoms with Gasteiger partial charge in [-0.1, -0.05) is 24.3 Å². The van der Waals surface area contributed by atoms with Gasteiger partial charge in [0.1, 0.15) is 11.9 Å². The Morgan fingerprint density at radius 3 is 2.70 bits per heavy atom. The number of rotatable bonds is 2. The van der Waals surface area contributed by atoms with Gasteiger partial charge < -0.3 is 29.7 Å². The molecule has 10 nitrogen and oxygen atoms in total. The number of nitrogens with one attached hydrogen (secondary N) is 2. The smallest absolute Gasteiger partial charge is 0.258 e. The fourth-order valence-electron chi connectivity index (χ4n) is 5.43. The lowest BCUT2D eigenvalue weighted by Gasteiger charge is -2.23. The molecule has 0 radical (unpaired) electrons. The Morgan fingerprint density at radius 1 is 1.00 bits per heavy atom. The number of aryl methyl sites for hydroxylation is 1. The molecule has 10 heteroatoms. The molecule has 7 rings (SSSR count). The van der Waals surface area contributed by atoms with Crippen molar-refractivity contribution in [3.63, 3.8) is 0 Å². The van der Waals surface area contributed by atoms with Crippen LogP contribution in [0.4, 0.5) is 0 Å². The van der Waals surface area contributed by atoms with Crippen molar-refractivity contribution in [1.29, 1.82) is 0 Å². The average molecular weight is 593 g/mol. The molecular formula is C34H32N4O6. The molecule has 3 aliphatic rings. The minimum Gasteiger partial charge on any atom is -0.493 e. The summed E-state index contributed by atoms with van der Waals surface area (Å²) in [6.07, 6.45) is 2.57. The van der Waals surface area contributed by atoms with Gasteiger partial charge in [-0.15, -0.1) is 0 Å². The number of ether oxygens (including phenoxy) is 3. The molecule has 1 fully saturated rings. The SMILES string of the molecule is COc1cc2ccc1O[C@H]1CN(C(=O)c3cccnc3)C[C@@H]1NC(=O)c1ccc(C)c(c1)-c1cccc(c1)OCC(=O)NC2. The van der Waals surface area contributed by atoms with Gasteiger partial charge in [0.05, 0.1) is 25.3 Å². The molecule has 4 aromatic rings. The maximum Gasteiger partial charge on any atom is 0.258 e. The first-order valence-electron chi connectivity index (χ1n) is 14.3. The Hall–Kier alpha value is -5.38. The van der Waals surface area contributed by atoms with E-state index in [9.17, 15) is 14.4 Å². The van der Waals surface area contributed by atoms with E-state index in [1.54, 1.807) is 47.5 Å². The molecule has 224 valence electrons. The third kappa shape index (κ3) is 6.19. The second-order valence-electron chi connectivity index (χ2n) is 10.8. The van der Waals surface area contributed by atoms with Crippen molar-refractivity contribution in [2.24, 2.45) is 0 Å². The third-order valence-electron chi connectivity index (χ3n) is 7.79. The van der Waals surface area contributed by atoms with Gasteiger partial charge in [0.25, 0.3) is 17.7 Å². The number of carbonyl (C=O) groups excluding carboxylic acids is 3. The monoisotopic (exact) mass is 592 g/mol. The quantitative estimate of drug-likeness (QED) is 0.364. The number of hydrogen-bond donors (Lipinski definition) is 2. The lowest BCUT2D eigenvalue weighted by atomic mass is 9.97. The molecule has 0 unspecified atom stereocenters. The zero-order valence-electron chi connectivity index (χ0n) is 24.4.